The number of halogens is 8. The van der Waals surface area contributed by atoms with Gasteiger partial charge < -0.3 is 21.1 Å². The Hall–Kier alpha value is -3.07. The van der Waals surface area contributed by atoms with Gasteiger partial charge in [0.25, 0.3) is 6.43 Å². The van der Waals surface area contributed by atoms with Crippen LogP contribution in [0.25, 0.3) is 0 Å². The average Bonchev–Trinajstić information content (AvgIpc) is 3.37. The molecule has 2 saturated heterocycles. The number of nitrogens with one attached hydrogen (secondary N) is 3. The maximum atomic E-state index is 15.7. The van der Waals surface area contributed by atoms with Crippen molar-refractivity contribution in [2.24, 2.45) is 5.41 Å². The zero-order valence-corrected chi connectivity index (χ0v) is 26.3. The molecular weight excluding hydrogens is 665 g/mol. The highest BCUT2D eigenvalue weighted by atomic mass is 35.5. The van der Waals surface area contributed by atoms with Gasteiger partial charge in [-0.05, 0) is 41.2 Å². The van der Waals surface area contributed by atoms with E-state index in [0.717, 1.165) is 0 Å². The van der Waals surface area contributed by atoms with E-state index in [-0.39, 0.29) is 47.6 Å². The fraction of sp³-hybridized carbons (Fsp3) is 0.500. The van der Waals surface area contributed by atoms with Crippen LogP contribution in [-0.4, -0.2) is 78.2 Å². The van der Waals surface area contributed by atoms with E-state index in [9.17, 15) is 31.5 Å². The van der Waals surface area contributed by atoms with Gasteiger partial charge in [0, 0.05) is 35.8 Å². The zero-order valence-electron chi connectivity index (χ0n) is 24.8. The summed E-state index contributed by atoms with van der Waals surface area (Å²) in [5.74, 6) is -5.18. The molecule has 1 spiro atoms. The SMILES string of the molecule is CC(C)(C)C[C@H]1N[C@@H](C(=O)NC2CN(CC(F)F)C2)[C@H](c2cccc(Cl)c2F)[C@@]12C(=O)Nc1cc(Cl)ccc12.O=C(O)C(F)(F)F. The largest absolute Gasteiger partial charge is 0.490 e. The monoisotopic (exact) mass is 696 g/mol. The molecule has 0 unspecified atom stereocenters. The van der Waals surface area contributed by atoms with Crippen LogP contribution in [0.2, 0.25) is 10.0 Å². The van der Waals surface area contributed by atoms with Gasteiger partial charge in [-0.15, -0.1) is 0 Å². The number of carboxylic acids is 1. The minimum absolute atomic E-state index is 0.113. The van der Waals surface area contributed by atoms with Crippen LogP contribution >= 0.6 is 23.2 Å². The van der Waals surface area contributed by atoms with Crippen molar-refractivity contribution in [2.75, 3.05) is 25.0 Å². The molecule has 2 fully saturated rings. The average molecular weight is 698 g/mol. The third kappa shape index (κ3) is 7.24. The van der Waals surface area contributed by atoms with E-state index in [1.807, 2.05) is 20.8 Å². The van der Waals surface area contributed by atoms with Crippen LogP contribution in [0.3, 0.4) is 0 Å². The molecule has 3 aliphatic rings. The van der Waals surface area contributed by atoms with Crippen molar-refractivity contribution >= 4 is 46.7 Å². The Morgan fingerprint density at radius 2 is 1.76 bits per heavy atom. The van der Waals surface area contributed by atoms with E-state index in [4.69, 9.17) is 33.1 Å². The standard InChI is InChI=1S/C28H31Cl2F3N4O2.C2HF3O2/c1-27(2,3)10-20-28(17-8-7-14(29)9-19(17)35-26(28)39)22(16-5-4-6-18(30)23(16)33)24(36-20)25(38)34-15-11-37(12-15)13-21(31)32;3-2(4,5)1(6)7/h4-9,15,20-22,24,36H,10-13H2,1-3H3,(H,34,38)(H,35,39);(H,6,7)/t20-,22+,24-,28+;/m1./s1. The Morgan fingerprint density at radius 1 is 1.13 bits per heavy atom. The number of fused-ring (bicyclic) bond motifs is 2. The first kappa shape index (κ1) is 35.8. The van der Waals surface area contributed by atoms with Crippen LogP contribution in [-0.2, 0) is 19.8 Å². The highest BCUT2D eigenvalue weighted by Crippen LogP contribution is 2.57. The van der Waals surface area contributed by atoms with Gasteiger partial charge in [0.2, 0.25) is 11.8 Å². The van der Waals surface area contributed by atoms with Crippen molar-refractivity contribution in [3.05, 3.63) is 63.4 Å². The third-order valence-electron chi connectivity index (χ3n) is 8.16. The number of nitrogens with zero attached hydrogens (tertiary/aromatic N) is 1. The van der Waals surface area contributed by atoms with Crippen molar-refractivity contribution in [3.8, 4) is 0 Å². The number of carbonyl (C=O) groups is 3. The van der Waals surface area contributed by atoms with Crippen LogP contribution in [0.1, 0.15) is 44.2 Å². The molecule has 5 rings (SSSR count). The number of benzene rings is 2. The van der Waals surface area contributed by atoms with Gasteiger partial charge >= 0.3 is 12.1 Å². The number of carboxylic acid groups (broad SMARTS) is 1. The van der Waals surface area contributed by atoms with Gasteiger partial charge in [-0.25, -0.2) is 18.0 Å². The Bertz CT molecular complexity index is 1500. The molecule has 46 heavy (non-hydrogen) atoms. The molecule has 3 aliphatic heterocycles. The van der Waals surface area contributed by atoms with E-state index in [1.54, 1.807) is 35.2 Å². The minimum atomic E-state index is -5.08. The lowest BCUT2D eigenvalue weighted by molar-refractivity contribution is -0.192. The Labute approximate surface area is 270 Å². The zero-order chi connectivity index (χ0) is 34.4. The Morgan fingerprint density at radius 3 is 2.33 bits per heavy atom. The van der Waals surface area contributed by atoms with Crippen LogP contribution in [0, 0.1) is 11.2 Å². The molecule has 0 radical (unpaired) electrons. The van der Waals surface area contributed by atoms with Crippen molar-refractivity contribution in [3.63, 3.8) is 0 Å². The predicted octanol–water partition coefficient (Wildman–Crippen LogP) is 5.58. The fourth-order valence-electron chi connectivity index (χ4n) is 6.45. The second kappa shape index (κ2) is 13.2. The van der Waals surface area contributed by atoms with Gasteiger partial charge in [-0.3, -0.25) is 14.5 Å². The van der Waals surface area contributed by atoms with Crippen LogP contribution < -0.4 is 16.0 Å². The molecule has 16 heteroatoms. The molecule has 0 saturated carbocycles. The van der Waals surface area contributed by atoms with Crippen LogP contribution in [0.5, 0.6) is 0 Å². The summed E-state index contributed by atoms with van der Waals surface area (Å²) in [7, 11) is 0. The normalized spacial score (nSPS) is 24.7. The Kier molecular flexibility index (Phi) is 10.3. The van der Waals surface area contributed by atoms with E-state index < -0.39 is 53.7 Å². The Balaban J connectivity index is 0.000000617. The summed E-state index contributed by atoms with van der Waals surface area (Å²) in [5, 5.41) is 16.7. The predicted molar refractivity (Wildman–Crippen MR) is 159 cm³/mol. The molecule has 8 nitrogen and oxygen atoms in total. The number of hydrogen-bond donors (Lipinski definition) is 4. The smallest absolute Gasteiger partial charge is 0.475 e. The number of likely N-dealkylation sites (tertiary alicyclic amines) is 1. The lowest BCUT2D eigenvalue weighted by Crippen LogP contribution is -2.62. The molecule has 2 aromatic rings. The minimum Gasteiger partial charge on any atom is -0.475 e. The lowest BCUT2D eigenvalue weighted by Gasteiger charge is -2.40. The summed E-state index contributed by atoms with van der Waals surface area (Å²) in [6.45, 7) is 6.32. The molecular formula is C30H32Cl2F6N4O4. The number of alkyl halides is 5. The van der Waals surface area contributed by atoms with E-state index in [2.05, 4.69) is 16.0 Å². The van der Waals surface area contributed by atoms with Crippen molar-refractivity contribution < 1.29 is 45.8 Å². The molecule has 0 aromatic heterocycles. The van der Waals surface area contributed by atoms with Gasteiger partial charge in [-0.2, -0.15) is 13.2 Å². The maximum absolute atomic E-state index is 15.7. The van der Waals surface area contributed by atoms with Crippen molar-refractivity contribution in [1.82, 2.24) is 15.5 Å². The summed E-state index contributed by atoms with van der Waals surface area (Å²) < 4.78 is 73.0. The number of hydrogen-bond acceptors (Lipinski definition) is 5. The summed E-state index contributed by atoms with van der Waals surface area (Å²) in [4.78, 5) is 38.4. The van der Waals surface area contributed by atoms with Crippen molar-refractivity contribution in [2.45, 2.75) is 69.3 Å². The second-order valence-electron chi connectivity index (χ2n) is 12.7. The molecule has 2 aromatic carbocycles. The number of rotatable bonds is 6. The van der Waals surface area contributed by atoms with Gasteiger partial charge in [0.1, 0.15) is 11.2 Å². The topological polar surface area (TPSA) is 111 Å². The molecule has 0 bridgehead atoms. The summed E-state index contributed by atoms with van der Waals surface area (Å²) >= 11 is 12.5. The summed E-state index contributed by atoms with van der Waals surface area (Å²) in [6.07, 6.45) is -7.04. The first-order valence-electron chi connectivity index (χ1n) is 14.2. The third-order valence-corrected chi connectivity index (χ3v) is 8.69. The van der Waals surface area contributed by atoms with Crippen molar-refractivity contribution in [1.29, 1.82) is 0 Å². The summed E-state index contributed by atoms with van der Waals surface area (Å²) in [6, 6.07) is 7.81. The quantitative estimate of drug-likeness (QED) is 0.294. The van der Waals surface area contributed by atoms with Gasteiger partial charge in [-0.1, -0.05) is 62.2 Å². The first-order chi connectivity index (χ1) is 21.2. The highest BCUT2D eigenvalue weighted by Gasteiger charge is 2.66. The molecule has 0 aliphatic carbocycles. The fourth-order valence-corrected chi connectivity index (χ4v) is 6.80. The first-order valence-corrected chi connectivity index (χ1v) is 14.9. The van der Waals surface area contributed by atoms with Gasteiger partial charge in [0.05, 0.1) is 23.7 Å². The van der Waals surface area contributed by atoms with E-state index in [1.165, 1.54) is 6.07 Å². The number of anilines is 1. The van der Waals surface area contributed by atoms with E-state index in [0.29, 0.717) is 22.7 Å². The van der Waals surface area contributed by atoms with Gasteiger partial charge in [0.15, 0.2) is 0 Å². The number of amides is 2. The van der Waals surface area contributed by atoms with Crippen LogP contribution in [0.4, 0.5) is 32.0 Å². The lowest BCUT2D eigenvalue weighted by atomic mass is 9.62. The molecule has 2 amide bonds. The number of carbonyl (C=O) groups excluding carboxylic acids is 2. The van der Waals surface area contributed by atoms with E-state index >= 15 is 4.39 Å². The summed E-state index contributed by atoms with van der Waals surface area (Å²) in [5.41, 5.74) is -0.305. The maximum Gasteiger partial charge on any atom is 0.490 e. The molecule has 3 heterocycles. The number of aliphatic carboxylic acids is 1. The molecule has 252 valence electrons. The second-order valence-corrected chi connectivity index (χ2v) is 13.6. The highest BCUT2D eigenvalue weighted by molar-refractivity contribution is 6.31. The van der Waals surface area contributed by atoms with Crippen LogP contribution in [0.15, 0.2) is 36.4 Å². The molecule has 4 atom stereocenters. The molecule has 4 N–H and O–H groups in total.